The highest BCUT2D eigenvalue weighted by Crippen LogP contribution is 2.35. The largest absolute Gasteiger partial charge is 0.467 e. The summed E-state index contributed by atoms with van der Waals surface area (Å²) in [5.74, 6) is 0.372. The highest BCUT2D eigenvalue weighted by atomic mass is 32.1. The molecule has 0 bridgehead atoms. The second kappa shape index (κ2) is 7.61. The van der Waals surface area contributed by atoms with E-state index in [1.54, 1.807) is 36.4 Å². The number of thiazole rings is 1. The van der Waals surface area contributed by atoms with E-state index in [1.807, 2.05) is 0 Å². The number of nitrogens with zero attached hydrogens (tertiary/aromatic N) is 1. The van der Waals surface area contributed by atoms with Crippen LogP contribution in [0.2, 0.25) is 0 Å². The molecule has 0 radical (unpaired) electrons. The number of benzene rings is 1. The van der Waals surface area contributed by atoms with Crippen molar-refractivity contribution < 1.29 is 22.4 Å². The summed E-state index contributed by atoms with van der Waals surface area (Å²) in [6.45, 7) is 0.526. The Morgan fingerprint density at radius 1 is 1.19 bits per heavy atom. The van der Waals surface area contributed by atoms with Gasteiger partial charge in [0.05, 0.1) is 19.0 Å². The predicted octanol–water partition coefficient (Wildman–Crippen LogP) is 4.30. The number of hydrogen-bond donors (Lipinski definition) is 2. The van der Waals surface area contributed by atoms with Gasteiger partial charge in [-0.2, -0.15) is 13.2 Å². The first-order valence-electron chi connectivity index (χ1n) is 7.58. The van der Waals surface area contributed by atoms with Crippen molar-refractivity contribution in [3.8, 4) is 0 Å². The van der Waals surface area contributed by atoms with E-state index in [0.717, 1.165) is 11.8 Å². The summed E-state index contributed by atoms with van der Waals surface area (Å²) in [7, 11) is 0. The van der Waals surface area contributed by atoms with E-state index in [2.05, 4.69) is 15.6 Å². The predicted molar refractivity (Wildman–Crippen MR) is 90.8 cm³/mol. The van der Waals surface area contributed by atoms with Crippen molar-refractivity contribution in [2.75, 3.05) is 5.32 Å². The lowest BCUT2D eigenvalue weighted by Gasteiger charge is -2.07. The average Bonchev–Trinajstić information content (AvgIpc) is 3.29. The fourth-order valence-corrected chi connectivity index (χ4v) is 2.85. The standard InChI is InChI=1S/C17H14F3N3O2S/c18-17(19,20)14-10-23-16(26-14)22-8-11-3-1-4-12(7-11)15(24)21-9-13-5-2-6-25-13/h1-7,10H,8-9H2,(H,21,24)(H,22,23). The second-order valence-electron chi connectivity index (χ2n) is 5.34. The van der Waals surface area contributed by atoms with Gasteiger partial charge >= 0.3 is 6.18 Å². The van der Waals surface area contributed by atoms with E-state index >= 15 is 0 Å². The Hall–Kier alpha value is -2.81. The maximum atomic E-state index is 12.6. The normalized spacial score (nSPS) is 11.3. The number of carbonyl (C=O) groups excluding carboxylic acids is 1. The van der Waals surface area contributed by atoms with Crippen LogP contribution >= 0.6 is 11.3 Å². The number of alkyl halides is 3. The quantitative estimate of drug-likeness (QED) is 0.668. The topological polar surface area (TPSA) is 67.2 Å². The van der Waals surface area contributed by atoms with E-state index in [4.69, 9.17) is 4.42 Å². The Morgan fingerprint density at radius 2 is 2.04 bits per heavy atom. The van der Waals surface area contributed by atoms with Gasteiger partial charge in [0.1, 0.15) is 10.6 Å². The number of rotatable bonds is 6. The summed E-state index contributed by atoms with van der Waals surface area (Å²) >= 11 is 0.539. The SMILES string of the molecule is O=C(NCc1ccco1)c1cccc(CNc2ncc(C(F)(F)F)s2)c1. The molecule has 5 nitrogen and oxygen atoms in total. The summed E-state index contributed by atoms with van der Waals surface area (Å²) < 4.78 is 42.9. The summed E-state index contributed by atoms with van der Waals surface area (Å²) in [4.78, 5) is 15.1. The van der Waals surface area contributed by atoms with Crippen LogP contribution in [0.15, 0.2) is 53.3 Å². The molecule has 0 aliphatic rings. The minimum Gasteiger partial charge on any atom is -0.467 e. The number of aromatic nitrogens is 1. The van der Waals surface area contributed by atoms with Crippen molar-refractivity contribution >= 4 is 22.4 Å². The lowest BCUT2D eigenvalue weighted by Crippen LogP contribution is -2.22. The van der Waals surface area contributed by atoms with Crippen molar-refractivity contribution in [1.29, 1.82) is 0 Å². The lowest BCUT2D eigenvalue weighted by molar-refractivity contribution is -0.134. The molecule has 136 valence electrons. The van der Waals surface area contributed by atoms with Gasteiger partial charge in [-0.1, -0.05) is 23.5 Å². The Labute approximate surface area is 150 Å². The summed E-state index contributed by atoms with van der Waals surface area (Å²) in [5, 5.41) is 5.74. The summed E-state index contributed by atoms with van der Waals surface area (Å²) in [6, 6.07) is 10.3. The van der Waals surface area contributed by atoms with Crippen molar-refractivity contribution in [3.05, 3.63) is 70.6 Å². The first-order chi connectivity index (χ1) is 12.4. The van der Waals surface area contributed by atoms with Crippen molar-refractivity contribution in [2.24, 2.45) is 0 Å². The highest BCUT2D eigenvalue weighted by molar-refractivity contribution is 7.15. The van der Waals surface area contributed by atoms with E-state index < -0.39 is 11.1 Å². The minimum absolute atomic E-state index is 0.171. The number of furan rings is 1. The first kappa shape index (κ1) is 18.0. The Balaban J connectivity index is 1.58. The van der Waals surface area contributed by atoms with E-state index in [0.29, 0.717) is 22.7 Å². The van der Waals surface area contributed by atoms with Crippen LogP contribution in [0.5, 0.6) is 0 Å². The third-order valence-corrected chi connectivity index (χ3v) is 4.42. The number of hydrogen-bond acceptors (Lipinski definition) is 5. The molecule has 0 saturated heterocycles. The van der Waals surface area contributed by atoms with Gasteiger partial charge in [-0.05, 0) is 29.8 Å². The van der Waals surface area contributed by atoms with E-state index in [1.165, 1.54) is 6.26 Å². The molecular weight excluding hydrogens is 367 g/mol. The van der Waals surface area contributed by atoms with Crippen LogP contribution in [-0.4, -0.2) is 10.9 Å². The van der Waals surface area contributed by atoms with Crippen LogP contribution in [0, 0.1) is 0 Å². The lowest BCUT2D eigenvalue weighted by atomic mass is 10.1. The zero-order chi connectivity index (χ0) is 18.6. The molecule has 0 saturated carbocycles. The fourth-order valence-electron chi connectivity index (χ4n) is 2.17. The van der Waals surface area contributed by atoms with Crippen molar-refractivity contribution in [3.63, 3.8) is 0 Å². The van der Waals surface area contributed by atoms with Crippen LogP contribution < -0.4 is 10.6 Å². The van der Waals surface area contributed by atoms with E-state index in [-0.39, 0.29) is 24.1 Å². The van der Waals surface area contributed by atoms with Gasteiger partial charge in [0.25, 0.3) is 5.91 Å². The van der Waals surface area contributed by atoms with Crippen LogP contribution in [-0.2, 0) is 19.3 Å². The maximum Gasteiger partial charge on any atom is 0.427 e. The molecule has 1 aromatic carbocycles. The van der Waals surface area contributed by atoms with Crippen LogP contribution in [0.25, 0.3) is 0 Å². The average molecular weight is 381 g/mol. The maximum absolute atomic E-state index is 12.6. The molecule has 0 atom stereocenters. The smallest absolute Gasteiger partial charge is 0.427 e. The molecule has 3 rings (SSSR count). The molecule has 0 fully saturated rings. The van der Waals surface area contributed by atoms with Crippen molar-refractivity contribution in [1.82, 2.24) is 10.3 Å². The number of amides is 1. The third kappa shape index (κ3) is 4.63. The van der Waals surface area contributed by atoms with Gasteiger partial charge in [0.2, 0.25) is 0 Å². The van der Waals surface area contributed by atoms with Gasteiger partial charge in [-0.25, -0.2) is 4.98 Å². The number of carbonyl (C=O) groups is 1. The number of nitrogens with one attached hydrogen (secondary N) is 2. The molecule has 2 heterocycles. The molecule has 2 N–H and O–H groups in total. The van der Waals surface area contributed by atoms with Gasteiger partial charge in [-0.3, -0.25) is 4.79 Å². The molecule has 0 aliphatic carbocycles. The molecule has 0 aliphatic heterocycles. The molecule has 3 aromatic rings. The van der Waals surface area contributed by atoms with Crippen LogP contribution in [0.1, 0.15) is 26.6 Å². The molecule has 26 heavy (non-hydrogen) atoms. The van der Waals surface area contributed by atoms with E-state index in [9.17, 15) is 18.0 Å². The number of anilines is 1. The van der Waals surface area contributed by atoms with Gasteiger partial charge < -0.3 is 15.1 Å². The minimum atomic E-state index is -4.40. The van der Waals surface area contributed by atoms with Gasteiger partial charge in [-0.15, -0.1) is 0 Å². The Morgan fingerprint density at radius 3 is 2.73 bits per heavy atom. The summed E-state index contributed by atoms with van der Waals surface area (Å²) in [5.41, 5.74) is 1.20. The highest BCUT2D eigenvalue weighted by Gasteiger charge is 2.33. The molecule has 0 spiro atoms. The zero-order valence-electron chi connectivity index (χ0n) is 13.3. The Bertz CT molecular complexity index is 876. The molecule has 9 heteroatoms. The van der Waals surface area contributed by atoms with Gasteiger partial charge in [0, 0.05) is 12.1 Å². The number of halogens is 3. The molecule has 2 aromatic heterocycles. The molecule has 1 amide bonds. The van der Waals surface area contributed by atoms with Crippen LogP contribution in [0.4, 0.5) is 18.3 Å². The third-order valence-electron chi connectivity index (χ3n) is 3.42. The van der Waals surface area contributed by atoms with Crippen LogP contribution in [0.3, 0.4) is 0 Å². The zero-order valence-corrected chi connectivity index (χ0v) is 14.2. The molecular formula is C17H14F3N3O2S. The van der Waals surface area contributed by atoms with Gasteiger partial charge in [0.15, 0.2) is 5.13 Å². The monoisotopic (exact) mass is 381 g/mol. The summed E-state index contributed by atoms with van der Waals surface area (Å²) in [6.07, 6.45) is -2.08. The van der Waals surface area contributed by atoms with Crippen molar-refractivity contribution in [2.45, 2.75) is 19.3 Å². The Kier molecular flexibility index (Phi) is 5.27. The fraction of sp³-hybridized carbons (Fsp3) is 0.176. The molecule has 0 unspecified atom stereocenters. The first-order valence-corrected chi connectivity index (χ1v) is 8.40. The second-order valence-corrected chi connectivity index (χ2v) is 6.37.